The van der Waals surface area contributed by atoms with Gasteiger partial charge in [-0.25, -0.2) is 23.4 Å². The largest absolute Gasteiger partial charge is 0.274 e. The van der Waals surface area contributed by atoms with Gasteiger partial charge in [-0.05, 0) is 12.1 Å². The molecule has 0 unspecified atom stereocenters. The van der Waals surface area contributed by atoms with Crippen LogP contribution >= 0.6 is 34.8 Å². The average molecular weight is 340 g/mol. The Bertz CT molecular complexity index is 686. The van der Waals surface area contributed by atoms with Crippen molar-refractivity contribution in [3.8, 4) is 0 Å². The first kappa shape index (κ1) is 14.3. The third-order valence-corrected chi connectivity index (χ3v) is 4.13. The lowest BCUT2D eigenvalue weighted by atomic mass is 10.5. The molecule has 2 aromatic rings. The van der Waals surface area contributed by atoms with Gasteiger partial charge in [-0.15, -0.1) is 0 Å². The first-order valence-corrected chi connectivity index (χ1v) is 7.32. The number of anilines is 1. The van der Waals surface area contributed by atoms with Crippen LogP contribution in [0.5, 0.6) is 0 Å². The second-order valence-electron chi connectivity index (χ2n) is 3.25. The molecular formula is C9H5Cl3N4O2S. The Morgan fingerprint density at radius 2 is 1.63 bits per heavy atom. The summed E-state index contributed by atoms with van der Waals surface area (Å²) in [7, 11) is -3.90. The number of sulfonamides is 1. The fraction of sp³-hybridized carbons (Fsp3) is 0. The van der Waals surface area contributed by atoms with Crippen molar-refractivity contribution in [2.75, 3.05) is 4.72 Å². The Labute approximate surface area is 123 Å². The first-order valence-electron chi connectivity index (χ1n) is 4.70. The molecule has 0 atom stereocenters. The van der Waals surface area contributed by atoms with Crippen LogP contribution in [0.15, 0.2) is 29.6 Å². The molecule has 0 aromatic carbocycles. The van der Waals surface area contributed by atoms with Crippen LogP contribution in [0.2, 0.25) is 15.5 Å². The van der Waals surface area contributed by atoms with Gasteiger partial charge in [0.25, 0.3) is 10.0 Å². The molecule has 0 spiro atoms. The molecule has 2 heterocycles. The number of halogens is 3. The average Bonchev–Trinajstić information content (AvgIpc) is 2.35. The lowest BCUT2D eigenvalue weighted by Gasteiger charge is -2.09. The van der Waals surface area contributed by atoms with Crippen molar-refractivity contribution in [3.63, 3.8) is 0 Å². The van der Waals surface area contributed by atoms with Crippen LogP contribution in [0.1, 0.15) is 0 Å². The van der Waals surface area contributed by atoms with Crippen LogP contribution in [-0.2, 0) is 10.0 Å². The van der Waals surface area contributed by atoms with Gasteiger partial charge < -0.3 is 0 Å². The molecule has 0 bridgehead atoms. The van der Waals surface area contributed by atoms with E-state index in [1.165, 1.54) is 12.1 Å². The minimum atomic E-state index is -3.90. The van der Waals surface area contributed by atoms with Crippen LogP contribution in [0.25, 0.3) is 0 Å². The molecule has 19 heavy (non-hydrogen) atoms. The van der Waals surface area contributed by atoms with Crippen LogP contribution in [0, 0.1) is 0 Å². The minimum Gasteiger partial charge on any atom is -0.274 e. The summed E-state index contributed by atoms with van der Waals surface area (Å²) in [6.45, 7) is 0. The smallest absolute Gasteiger partial charge is 0.263 e. The summed E-state index contributed by atoms with van der Waals surface area (Å²) in [5.41, 5.74) is -0.0965. The quantitative estimate of drug-likeness (QED) is 0.686. The SMILES string of the molecule is O=S(=O)(Nc1c(Cl)ncnc1Cl)c1ccc(Cl)nc1. The summed E-state index contributed by atoms with van der Waals surface area (Å²) in [6, 6.07) is 2.64. The Balaban J connectivity index is 2.39. The predicted octanol–water partition coefficient (Wildman–Crippen LogP) is 2.63. The maximum Gasteiger partial charge on any atom is 0.263 e. The molecule has 0 saturated heterocycles. The highest BCUT2D eigenvalue weighted by molar-refractivity contribution is 7.92. The fourth-order valence-electron chi connectivity index (χ4n) is 1.14. The van der Waals surface area contributed by atoms with E-state index >= 15 is 0 Å². The van der Waals surface area contributed by atoms with Crippen molar-refractivity contribution >= 4 is 50.5 Å². The zero-order valence-corrected chi connectivity index (χ0v) is 12.1. The highest BCUT2D eigenvalue weighted by Crippen LogP contribution is 2.28. The lowest BCUT2D eigenvalue weighted by molar-refractivity contribution is 0.600. The maximum absolute atomic E-state index is 12.1. The zero-order valence-electron chi connectivity index (χ0n) is 9.01. The summed E-state index contributed by atoms with van der Waals surface area (Å²) in [5, 5.41) is -0.0333. The molecule has 0 saturated carbocycles. The van der Waals surface area contributed by atoms with E-state index < -0.39 is 10.0 Å². The Morgan fingerprint density at radius 1 is 1.00 bits per heavy atom. The molecule has 1 N–H and O–H groups in total. The number of nitrogens with one attached hydrogen (secondary N) is 1. The van der Waals surface area contributed by atoms with E-state index in [0.29, 0.717) is 0 Å². The second kappa shape index (κ2) is 5.46. The number of nitrogens with zero attached hydrogens (tertiary/aromatic N) is 3. The van der Waals surface area contributed by atoms with Crippen molar-refractivity contribution in [2.24, 2.45) is 0 Å². The number of pyridine rings is 1. The highest BCUT2D eigenvalue weighted by Gasteiger charge is 2.19. The molecule has 0 aliphatic rings. The van der Waals surface area contributed by atoms with Gasteiger partial charge in [0, 0.05) is 6.20 Å². The topological polar surface area (TPSA) is 84.8 Å². The van der Waals surface area contributed by atoms with Crippen LogP contribution in [0.4, 0.5) is 5.69 Å². The Morgan fingerprint density at radius 3 is 2.16 bits per heavy atom. The molecule has 10 heteroatoms. The van der Waals surface area contributed by atoms with Gasteiger partial charge in [0.2, 0.25) is 0 Å². The van der Waals surface area contributed by atoms with Gasteiger partial charge in [-0.3, -0.25) is 4.72 Å². The van der Waals surface area contributed by atoms with Crippen molar-refractivity contribution in [2.45, 2.75) is 4.90 Å². The summed E-state index contributed by atoms with van der Waals surface area (Å²) in [4.78, 5) is 10.9. The van der Waals surface area contributed by atoms with E-state index in [-0.39, 0.29) is 26.0 Å². The van der Waals surface area contributed by atoms with Gasteiger partial charge >= 0.3 is 0 Å². The van der Waals surface area contributed by atoms with Crippen molar-refractivity contribution < 1.29 is 8.42 Å². The molecule has 2 aromatic heterocycles. The molecule has 6 nitrogen and oxygen atoms in total. The third-order valence-electron chi connectivity index (χ3n) is 2.00. The van der Waals surface area contributed by atoms with Gasteiger partial charge in [-0.2, -0.15) is 0 Å². The standard InChI is InChI=1S/C9H5Cl3N4O2S/c10-6-2-1-5(3-13-6)19(17,18)16-7-8(11)14-4-15-9(7)12/h1-4,16H. The van der Waals surface area contributed by atoms with Crippen LogP contribution in [0.3, 0.4) is 0 Å². The van der Waals surface area contributed by atoms with E-state index in [0.717, 1.165) is 12.5 Å². The molecule has 0 aliphatic heterocycles. The Kier molecular flexibility index (Phi) is 4.10. The van der Waals surface area contributed by atoms with Crippen LogP contribution in [-0.4, -0.2) is 23.4 Å². The first-order chi connectivity index (χ1) is 8.90. The highest BCUT2D eigenvalue weighted by atomic mass is 35.5. The molecular weight excluding hydrogens is 335 g/mol. The van der Waals surface area contributed by atoms with Gasteiger partial charge in [0.1, 0.15) is 22.1 Å². The van der Waals surface area contributed by atoms with Gasteiger partial charge in [0.15, 0.2) is 10.3 Å². The van der Waals surface area contributed by atoms with E-state index in [9.17, 15) is 8.42 Å². The van der Waals surface area contributed by atoms with E-state index in [1.54, 1.807) is 0 Å². The molecule has 0 aliphatic carbocycles. The van der Waals surface area contributed by atoms with E-state index in [4.69, 9.17) is 34.8 Å². The van der Waals surface area contributed by atoms with Crippen molar-refractivity contribution in [1.82, 2.24) is 15.0 Å². The zero-order chi connectivity index (χ0) is 14.0. The molecule has 2 rings (SSSR count). The number of hydrogen-bond acceptors (Lipinski definition) is 5. The summed E-state index contributed by atoms with van der Waals surface area (Å²) in [5.74, 6) is 0. The fourth-order valence-corrected chi connectivity index (χ4v) is 2.79. The molecule has 100 valence electrons. The molecule has 0 fully saturated rings. The van der Waals surface area contributed by atoms with E-state index in [2.05, 4.69) is 19.7 Å². The third kappa shape index (κ3) is 3.24. The van der Waals surface area contributed by atoms with E-state index in [1.807, 2.05) is 0 Å². The van der Waals surface area contributed by atoms with Gasteiger partial charge in [-0.1, -0.05) is 34.8 Å². The predicted molar refractivity (Wildman–Crippen MR) is 72.1 cm³/mol. The monoisotopic (exact) mass is 338 g/mol. The van der Waals surface area contributed by atoms with Gasteiger partial charge in [0.05, 0.1) is 0 Å². The second-order valence-corrected chi connectivity index (χ2v) is 6.04. The Hall–Kier alpha value is -1.15. The minimum absolute atomic E-state index is 0.0899. The number of aromatic nitrogens is 3. The van der Waals surface area contributed by atoms with Crippen LogP contribution < -0.4 is 4.72 Å². The summed E-state index contributed by atoms with van der Waals surface area (Å²) < 4.78 is 26.3. The summed E-state index contributed by atoms with van der Waals surface area (Å²) in [6.07, 6.45) is 2.22. The number of rotatable bonds is 3. The maximum atomic E-state index is 12.1. The molecule has 0 radical (unpaired) electrons. The normalized spacial score (nSPS) is 11.3. The summed E-state index contributed by atoms with van der Waals surface area (Å²) >= 11 is 17.1. The van der Waals surface area contributed by atoms with Crippen molar-refractivity contribution in [1.29, 1.82) is 0 Å². The molecule has 0 amide bonds. The lowest BCUT2D eigenvalue weighted by Crippen LogP contribution is -2.14. The number of hydrogen-bond donors (Lipinski definition) is 1. The van der Waals surface area contributed by atoms with Crippen molar-refractivity contribution in [3.05, 3.63) is 40.1 Å².